The smallest absolute Gasteiger partial charge is 0.325 e. The second kappa shape index (κ2) is 8.06. The Morgan fingerprint density at radius 2 is 1.96 bits per heavy atom. The average molecular weight is 342 g/mol. The van der Waals surface area contributed by atoms with Gasteiger partial charge in [0, 0.05) is 25.7 Å². The molecule has 1 N–H and O–H groups in total. The highest BCUT2D eigenvalue weighted by atomic mass is 16.2. The van der Waals surface area contributed by atoms with Gasteiger partial charge in [0.1, 0.15) is 6.54 Å². The van der Waals surface area contributed by atoms with E-state index in [-0.39, 0.29) is 31.8 Å². The Bertz CT molecular complexity index is 726. The fourth-order valence-corrected chi connectivity index (χ4v) is 2.46. The third-order valence-corrected chi connectivity index (χ3v) is 3.79. The van der Waals surface area contributed by atoms with Crippen molar-refractivity contribution in [2.24, 2.45) is 5.92 Å². The van der Waals surface area contributed by atoms with Gasteiger partial charge in [-0.3, -0.25) is 19.3 Å². The van der Waals surface area contributed by atoms with E-state index in [1.165, 1.54) is 11.9 Å². The van der Waals surface area contributed by atoms with Crippen LogP contribution in [0.25, 0.3) is 0 Å². The van der Waals surface area contributed by atoms with Gasteiger partial charge in [0.2, 0.25) is 11.8 Å². The first-order valence-electron chi connectivity index (χ1n) is 7.77. The largest absolute Gasteiger partial charge is 0.326 e. The van der Waals surface area contributed by atoms with Crippen LogP contribution in [0.4, 0.5) is 10.5 Å². The molecule has 0 unspecified atom stereocenters. The van der Waals surface area contributed by atoms with Gasteiger partial charge >= 0.3 is 6.03 Å². The molecule has 0 aromatic heterocycles. The van der Waals surface area contributed by atoms with Crippen molar-refractivity contribution in [2.45, 2.75) is 12.8 Å². The number of rotatable bonds is 7. The van der Waals surface area contributed by atoms with Crippen LogP contribution >= 0.6 is 0 Å². The van der Waals surface area contributed by atoms with Gasteiger partial charge in [0.05, 0.1) is 6.07 Å². The van der Waals surface area contributed by atoms with Crippen LogP contribution < -0.4 is 5.32 Å². The van der Waals surface area contributed by atoms with Crippen molar-refractivity contribution in [3.63, 3.8) is 0 Å². The Balaban J connectivity index is 1.86. The summed E-state index contributed by atoms with van der Waals surface area (Å²) in [4.78, 5) is 49.9. The highest BCUT2D eigenvalue weighted by Gasteiger charge is 2.33. The van der Waals surface area contributed by atoms with Crippen molar-refractivity contribution >= 4 is 29.3 Å². The highest BCUT2D eigenvalue weighted by Crippen LogP contribution is 2.13. The number of nitrogens with zero attached hydrogens (tertiary/aromatic N) is 3. The molecule has 4 amide bonds. The second-order valence-electron chi connectivity index (χ2n) is 5.67. The fourth-order valence-electron chi connectivity index (χ4n) is 2.46. The number of ketones is 1. The monoisotopic (exact) mass is 342 g/mol. The Morgan fingerprint density at radius 3 is 2.52 bits per heavy atom. The molecule has 130 valence electrons. The maximum absolute atomic E-state index is 12.1. The summed E-state index contributed by atoms with van der Waals surface area (Å²) in [6.45, 7) is 0.110. The molecule has 1 saturated heterocycles. The third-order valence-electron chi connectivity index (χ3n) is 3.79. The molecule has 0 bridgehead atoms. The molecule has 25 heavy (non-hydrogen) atoms. The van der Waals surface area contributed by atoms with Crippen molar-refractivity contribution in [3.8, 4) is 6.07 Å². The lowest BCUT2D eigenvalue weighted by atomic mass is 10.0. The van der Waals surface area contributed by atoms with Crippen LogP contribution in [-0.2, 0) is 14.4 Å². The summed E-state index contributed by atoms with van der Waals surface area (Å²) in [7, 11) is 1.52. The van der Waals surface area contributed by atoms with Crippen molar-refractivity contribution < 1.29 is 19.2 Å². The van der Waals surface area contributed by atoms with Crippen molar-refractivity contribution in [3.05, 3.63) is 30.3 Å². The summed E-state index contributed by atoms with van der Waals surface area (Å²) < 4.78 is 0. The van der Waals surface area contributed by atoms with Crippen molar-refractivity contribution in [1.82, 2.24) is 9.80 Å². The average Bonchev–Trinajstić information content (AvgIpc) is 2.82. The molecule has 0 aliphatic carbocycles. The number of para-hydroxylation sites is 1. The number of nitriles is 1. The van der Waals surface area contributed by atoms with Crippen LogP contribution in [0.3, 0.4) is 0 Å². The fraction of sp³-hybridized carbons (Fsp3) is 0.353. The number of hydrogen-bond donors (Lipinski definition) is 1. The molecule has 1 aliphatic heterocycles. The Labute approximate surface area is 145 Å². The molecule has 0 radical (unpaired) electrons. The lowest BCUT2D eigenvalue weighted by molar-refractivity contribution is -0.130. The molecule has 1 aromatic rings. The lowest BCUT2D eigenvalue weighted by Crippen LogP contribution is -2.33. The molecular formula is C17H18N4O4. The van der Waals surface area contributed by atoms with E-state index in [2.05, 4.69) is 5.32 Å². The summed E-state index contributed by atoms with van der Waals surface area (Å²) in [5, 5.41) is 11.6. The molecule has 1 fully saturated rings. The predicted octanol–water partition coefficient (Wildman–Crippen LogP) is 1.01. The second-order valence-corrected chi connectivity index (χ2v) is 5.67. The van der Waals surface area contributed by atoms with Crippen LogP contribution in [0.15, 0.2) is 30.3 Å². The van der Waals surface area contributed by atoms with Gasteiger partial charge < -0.3 is 10.2 Å². The maximum Gasteiger partial charge on any atom is 0.326 e. The normalized spacial score (nSPS) is 15.0. The van der Waals surface area contributed by atoms with Gasteiger partial charge in [-0.2, -0.15) is 5.26 Å². The Morgan fingerprint density at radius 1 is 1.28 bits per heavy atom. The predicted molar refractivity (Wildman–Crippen MR) is 88.2 cm³/mol. The Hall–Kier alpha value is -3.21. The minimum absolute atomic E-state index is 0.0209. The first-order valence-corrected chi connectivity index (χ1v) is 7.77. The van der Waals surface area contributed by atoms with E-state index in [0.29, 0.717) is 5.69 Å². The topological polar surface area (TPSA) is 111 Å². The highest BCUT2D eigenvalue weighted by molar-refractivity contribution is 6.09. The van der Waals surface area contributed by atoms with Crippen LogP contribution in [0.5, 0.6) is 0 Å². The first kappa shape index (κ1) is 18.1. The summed E-state index contributed by atoms with van der Waals surface area (Å²) in [5.41, 5.74) is 0.497. The van der Waals surface area contributed by atoms with Gasteiger partial charge in [-0.25, -0.2) is 4.79 Å². The number of benzene rings is 1. The summed E-state index contributed by atoms with van der Waals surface area (Å²) >= 11 is 0. The zero-order valence-corrected chi connectivity index (χ0v) is 13.8. The molecule has 8 heteroatoms. The van der Waals surface area contributed by atoms with E-state index < -0.39 is 23.6 Å². The SMILES string of the molecule is CN1CC(=O)N(CCCC(=O)[C@@H](C#N)C(=O)Nc2ccccc2)C1=O. The quantitative estimate of drug-likeness (QED) is 0.587. The molecule has 1 atom stereocenters. The number of hydrogen-bond acceptors (Lipinski definition) is 5. The molecule has 0 spiro atoms. The van der Waals surface area contributed by atoms with Gasteiger partial charge in [0.15, 0.2) is 11.7 Å². The van der Waals surface area contributed by atoms with E-state index >= 15 is 0 Å². The molecule has 1 aliphatic rings. The number of carbonyl (C=O) groups excluding carboxylic acids is 4. The van der Waals surface area contributed by atoms with E-state index in [1.54, 1.807) is 36.4 Å². The molecular weight excluding hydrogens is 324 g/mol. The number of Topliss-reactive ketones (excluding diaryl/α,β-unsaturated/α-hetero) is 1. The number of nitrogens with one attached hydrogen (secondary N) is 1. The van der Waals surface area contributed by atoms with Crippen LogP contribution in [0.1, 0.15) is 12.8 Å². The number of urea groups is 1. The number of anilines is 1. The summed E-state index contributed by atoms with van der Waals surface area (Å²) in [6.07, 6.45) is 0.141. The van der Waals surface area contributed by atoms with E-state index in [1.807, 2.05) is 0 Å². The van der Waals surface area contributed by atoms with Gasteiger partial charge in [-0.1, -0.05) is 18.2 Å². The van der Waals surface area contributed by atoms with E-state index in [4.69, 9.17) is 5.26 Å². The molecule has 8 nitrogen and oxygen atoms in total. The third kappa shape index (κ3) is 4.41. The van der Waals surface area contributed by atoms with Crippen LogP contribution in [0, 0.1) is 17.2 Å². The van der Waals surface area contributed by atoms with Gasteiger partial charge in [-0.05, 0) is 18.6 Å². The molecule has 0 saturated carbocycles. The number of carbonyl (C=O) groups is 4. The van der Waals surface area contributed by atoms with Crippen LogP contribution in [-0.4, -0.2) is 53.6 Å². The number of amides is 4. The zero-order valence-electron chi connectivity index (χ0n) is 13.8. The minimum Gasteiger partial charge on any atom is -0.325 e. The molecule has 1 aromatic carbocycles. The summed E-state index contributed by atoms with van der Waals surface area (Å²) in [6, 6.07) is 9.83. The van der Waals surface area contributed by atoms with E-state index in [0.717, 1.165) is 4.90 Å². The van der Waals surface area contributed by atoms with Gasteiger partial charge in [0.25, 0.3) is 0 Å². The standard InChI is InChI=1S/C17H18N4O4/c1-20-11-15(23)21(17(20)25)9-5-8-14(22)13(10-18)16(24)19-12-6-3-2-4-7-12/h2-4,6-7,13H,5,8-9,11H2,1H3,(H,19,24)/t13-/m1/s1. The van der Waals surface area contributed by atoms with Gasteiger partial charge in [-0.15, -0.1) is 0 Å². The zero-order chi connectivity index (χ0) is 18.4. The minimum atomic E-state index is -1.42. The van der Waals surface area contributed by atoms with Crippen molar-refractivity contribution in [2.75, 3.05) is 25.5 Å². The van der Waals surface area contributed by atoms with E-state index in [9.17, 15) is 19.2 Å². The first-order chi connectivity index (χ1) is 11.9. The van der Waals surface area contributed by atoms with Crippen molar-refractivity contribution in [1.29, 1.82) is 5.26 Å². The number of likely N-dealkylation sites (N-methyl/N-ethyl adjacent to an activating group) is 1. The van der Waals surface area contributed by atoms with Crippen LogP contribution in [0.2, 0.25) is 0 Å². The Kier molecular flexibility index (Phi) is 5.84. The molecule has 1 heterocycles. The summed E-state index contributed by atoms with van der Waals surface area (Å²) in [5.74, 6) is -2.97. The maximum atomic E-state index is 12.1. The number of imide groups is 1. The lowest BCUT2D eigenvalue weighted by Gasteiger charge is -2.14. The molecule has 2 rings (SSSR count).